The molecule has 1 amide bonds. The topological polar surface area (TPSA) is 73.2 Å². The zero-order valence-electron chi connectivity index (χ0n) is 14.6. The van der Waals surface area contributed by atoms with Crippen LogP contribution in [-0.2, 0) is 17.8 Å². The fourth-order valence-electron chi connectivity index (χ4n) is 3.19. The summed E-state index contributed by atoms with van der Waals surface area (Å²) in [5, 5.41) is 2.83. The molecule has 25 heavy (non-hydrogen) atoms. The third kappa shape index (κ3) is 3.96. The lowest BCUT2D eigenvalue weighted by Gasteiger charge is -2.17. The van der Waals surface area contributed by atoms with E-state index in [-0.39, 0.29) is 23.1 Å². The molecule has 3 rings (SSSR count). The van der Waals surface area contributed by atoms with Crippen LogP contribution in [0.5, 0.6) is 0 Å². The van der Waals surface area contributed by atoms with Crippen molar-refractivity contribution >= 4 is 5.91 Å². The normalized spacial score (nSPS) is 16.8. The van der Waals surface area contributed by atoms with Gasteiger partial charge in [-0.05, 0) is 56.0 Å². The minimum atomic E-state index is -0.347. The Kier molecular flexibility index (Phi) is 5.28. The maximum absolute atomic E-state index is 12.9. The molecule has 1 atom stereocenters. The zero-order valence-corrected chi connectivity index (χ0v) is 14.6. The molecule has 0 radical (unpaired) electrons. The molecule has 0 bridgehead atoms. The SMILES string of the molecule is Cc1cc(C)n(C[C@H]2CCCO2)c(=O)c1C(=O)NCc1ccncc1. The summed E-state index contributed by atoms with van der Waals surface area (Å²) in [6, 6.07) is 5.55. The van der Waals surface area contributed by atoms with E-state index in [1.54, 1.807) is 23.9 Å². The van der Waals surface area contributed by atoms with E-state index in [1.165, 1.54) is 0 Å². The van der Waals surface area contributed by atoms with Gasteiger partial charge in [-0.2, -0.15) is 0 Å². The third-order valence-electron chi connectivity index (χ3n) is 4.54. The number of nitrogens with zero attached hydrogens (tertiary/aromatic N) is 2. The van der Waals surface area contributed by atoms with Gasteiger partial charge in [-0.15, -0.1) is 0 Å². The molecular weight excluding hydrogens is 318 g/mol. The molecular formula is C19H23N3O3. The van der Waals surface area contributed by atoms with Gasteiger partial charge >= 0.3 is 0 Å². The number of pyridine rings is 2. The van der Waals surface area contributed by atoms with Crippen LogP contribution in [0.15, 0.2) is 35.4 Å². The lowest BCUT2D eigenvalue weighted by molar-refractivity contribution is 0.0926. The summed E-state index contributed by atoms with van der Waals surface area (Å²) in [7, 11) is 0. The number of aryl methyl sites for hydroxylation is 2. The van der Waals surface area contributed by atoms with Crippen molar-refractivity contribution in [3.8, 4) is 0 Å². The molecule has 6 heteroatoms. The maximum Gasteiger partial charge on any atom is 0.263 e. The van der Waals surface area contributed by atoms with E-state index in [9.17, 15) is 9.59 Å². The Balaban J connectivity index is 1.82. The lowest BCUT2D eigenvalue weighted by atomic mass is 10.1. The highest BCUT2D eigenvalue weighted by Gasteiger charge is 2.21. The molecule has 0 unspecified atom stereocenters. The van der Waals surface area contributed by atoms with E-state index in [1.807, 2.05) is 25.1 Å². The Morgan fingerprint density at radius 3 is 2.80 bits per heavy atom. The Labute approximate surface area is 146 Å². The highest BCUT2D eigenvalue weighted by molar-refractivity contribution is 5.95. The number of hydrogen-bond donors (Lipinski definition) is 1. The van der Waals surface area contributed by atoms with Gasteiger partial charge in [0.25, 0.3) is 11.5 Å². The number of carbonyl (C=O) groups excluding carboxylic acids is 1. The molecule has 3 heterocycles. The van der Waals surface area contributed by atoms with Crippen LogP contribution < -0.4 is 10.9 Å². The lowest BCUT2D eigenvalue weighted by Crippen LogP contribution is -2.36. The average molecular weight is 341 g/mol. The molecule has 6 nitrogen and oxygen atoms in total. The van der Waals surface area contributed by atoms with Crippen molar-refractivity contribution in [2.24, 2.45) is 0 Å². The van der Waals surface area contributed by atoms with Crippen molar-refractivity contribution in [2.45, 2.75) is 45.9 Å². The number of aromatic nitrogens is 2. The van der Waals surface area contributed by atoms with Crippen LogP contribution in [0.1, 0.15) is 40.0 Å². The molecule has 0 saturated carbocycles. The molecule has 1 N–H and O–H groups in total. The zero-order chi connectivity index (χ0) is 17.8. The standard InChI is InChI=1S/C19H23N3O3/c1-13-10-14(2)22(12-16-4-3-9-25-16)19(24)17(13)18(23)21-11-15-5-7-20-8-6-15/h5-8,10,16H,3-4,9,11-12H2,1-2H3,(H,21,23)/t16-/m1/s1. The van der Waals surface area contributed by atoms with Crippen molar-refractivity contribution in [2.75, 3.05) is 6.61 Å². The molecule has 1 aliphatic rings. The highest BCUT2D eigenvalue weighted by Crippen LogP contribution is 2.15. The molecule has 1 saturated heterocycles. The summed E-state index contributed by atoms with van der Waals surface area (Å²) in [4.78, 5) is 29.4. The fraction of sp³-hybridized carbons (Fsp3) is 0.421. The van der Waals surface area contributed by atoms with Gasteiger partial charge in [-0.1, -0.05) is 0 Å². The molecule has 0 aliphatic carbocycles. The highest BCUT2D eigenvalue weighted by atomic mass is 16.5. The Bertz CT molecular complexity index is 809. The summed E-state index contributed by atoms with van der Waals surface area (Å²) >= 11 is 0. The van der Waals surface area contributed by atoms with Gasteiger partial charge in [-0.25, -0.2) is 0 Å². The Morgan fingerprint density at radius 2 is 2.12 bits per heavy atom. The van der Waals surface area contributed by atoms with E-state index in [0.717, 1.165) is 30.7 Å². The molecule has 2 aromatic rings. The fourth-order valence-corrected chi connectivity index (χ4v) is 3.19. The summed E-state index contributed by atoms with van der Waals surface area (Å²) in [6.07, 6.45) is 5.36. The Morgan fingerprint density at radius 1 is 1.36 bits per heavy atom. The largest absolute Gasteiger partial charge is 0.376 e. The van der Waals surface area contributed by atoms with E-state index in [0.29, 0.717) is 18.7 Å². The smallest absolute Gasteiger partial charge is 0.263 e. The number of amides is 1. The van der Waals surface area contributed by atoms with Gasteiger partial charge < -0.3 is 14.6 Å². The average Bonchev–Trinajstić information content (AvgIpc) is 3.11. The number of nitrogens with one attached hydrogen (secondary N) is 1. The van der Waals surface area contributed by atoms with Gasteiger partial charge in [0.1, 0.15) is 5.56 Å². The number of rotatable bonds is 5. The van der Waals surface area contributed by atoms with E-state index < -0.39 is 0 Å². The quantitative estimate of drug-likeness (QED) is 0.902. The van der Waals surface area contributed by atoms with Crippen LogP contribution in [0.3, 0.4) is 0 Å². The summed E-state index contributed by atoms with van der Waals surface area (Å²) < 4.78 is 7.29. The monoisotopic (exact) mass is 341 g/mol. The van der Waals surface area contributed by atoms with Crippen LogP contribution in [0, 0.1) is 13.8 Å². The number of ether oxygens (including phenoxy) is 1. The third-order valence-corrected chi connectivity index (χ3v) is 4.54. The van der Waals surface area contributed by atoms with Crippen molar-refractivity contribution < 1.29 is 9.53 Å². The second kappa shape index (κ2) is 7.61. The summed E-state index contributed by atoms with van der Waals surface area (Å²) in [5.74, 6) is -0.347. The number of carbonyl (C=O) groups is 1. The molecule has 1 aliphatic heterocycles. The Hall–Kier alpha value is -2.47. The van der Waals surface area contributed by atoms with Crippen molar-refractivity contribution in [3.05, 3.63) is 63.3 Å². The predicted molar refractivity (Wildman–Crippen MR) is 94.6 cm³/mol. The first-order valence-corrected chi connectivity index (χ1v) is 8.56. The van der Waals surface area contributed by atoms with Crippen LogP contribution >= 0.6 is 0 Å². The van der Waals surface area contributed by atoms with Gasteiger partial charge in [0.2, 0.25) is 0 Å². The second-order valence-electron chi connectivity index (χ2n) is 6.43. The molecule has 132 valence electrons. The van der Waals surface area contributed by atoms with Crippen LogP contribution in [-0.4, -0.2) is 28.2 Å². The first kappa shape index (κ1) is 17.4. The first-order chi connectivity index (χ1) is 12.1. The van der Waals surface area contributed by atoms with Gasteiger partial charge in [0, 0.05) is 31.2 Å². The van der Waals surface area contributed by atoms with Gasteiger partial charge in [0.05, 0.1) is 12.6 Å². The predicted octanol–water partition coefficient (Wildman–Crippen LogP) is 1.97. The molecule has 1 fully saturated rings. The van der Waals surface area contributed by atoms with Crippen molar-refractivity contribution in [3.63, 3.8) is 0 Å². The molecule has 0 spiro atoms. The van der Waals surface area contributed by atoms with E-state index >= 15 is 0 Å². The van der Waals surface area contributed by atoms with Gasteiger partial charge in [-0.3, -0.25) is 14.6 Å². The minimum Gasteiger partial charge on any atom is -0.376 e. The summed E-state index contributed by atoms with van der Waals surface area (Å²) in [6.45, 7) is 5.28. The van der Waals surface area contributed by atoms with Crippen LogP contribution in [0.25, 0.3) is 0 Å². The van der Waals surface area contributed by atoms with E-state index in [2.05, 4.69) is 10.3 Å². The summed E-state index contributed by atoms with van der Waals surface area (Å²) in [5.41, 5.74) is 2.44. The molecule has 2 aromatic heterocycles. The van der Waals surface area contributed by atoms with Crippen molar-refractivity contribution in [1.29, 1.82) is 0 Å². The van der Waals surface area contributed by atoms with Gasteiger partial charge in [0.15, 0.2) is 0 Å². The van der Waals surface area contributed by atoms with Crippen LogP contribution in [0.2, 0.25) is 0 Å². The first-order valence-electron chi connectivity index (χ1n) is 8.56. The van der Waals surface area contributed by atoms with E-state index in [4.69, 9.17) is 4.74 Å². The van der Waals surface area contributed by atoms with Crippen molar-refractivity contribution in [1.82, 2.24) is 14.9 Å². The maximum atomic E-state index is 12.9. The van der Waals surface area contributed by atoms with Crippen LogP contribution in [0.4, 0.5) is 0 Å². The number of hydrogen-bond acceptors (Lipinski definition) is 4. The second-order valence-corrected chi connectivity index (χ2v) is 6.43. The molecule has 0 aromatic carbocycles. The minimum absolute atomic E-state index is 0.0480.